The highest BCUT2D eigenvalue weighted by molar-refractivity contribution is 7.99. The van der Waals surface area contributed by atoms with Gasteiger partial charge in [0, 0.05) is 17.8 Å². The van der Waals surface area contributed by atoms with Crippen LogP contribution in [0.15, 0.2) is 9.95 Å². The molecule has 0 aliphatic rings. The lowest BCUT2D eigenvalue weighted by Gasteiger charge is -2.15. The summed E-state index contributed by atoms with van der Waals surface area (Å²) in [5.41, 5.74) is -0.125. The lowest BCUT2D eigenvalue weighted by molar-refractivity contribution is 0.507. The topological polar surface area (TPSA) is 62.7 Å². The van der Waals surface area contributed by atoms with E-state index in [1.54, 1.807) is 16.3 Å². The zero-order valence-corrected chi connectivity index (χ0v) is 12.7. The highest BCUT2D eigenvalue weighted by Crippen LogP contribution is 2.19. The molecule has 6 heteroatoms. The second kappa shape index (κ2) is 6.99. The third-order valence-corrected chi connectivity index (χ3v) is 3.84. The van der Waals surface area contributed by atoms with Crippen LogP contribution in [0.1, 0.15) is 40.7 Å². The van der Waals surface area contributed by atoms with Crippen molar-refractivity contribution in [2.45, 2.75) is 51.9 Å². The molecule has 5 nitrogen and oxygen atoms in total. The Morgan fingerprint density at radius 2 is 2.00 bits per heavy atom. The van der Waals surface area contributed by atoms with Gasteiger partial charge in [-0.15, -0.1) is 5.10 Å². The fourth-order valence-corrected chi connectivity index (χ4v) is 2.65. The van der Waals surface area contributed by atoms with E-state index in [0.717, 1.165) is 17.5 Å². The van der Waals surface area contributed by atoms with Gasteiger partial charge in [0.1, 0.15) is 0 Å². The standard InChI is InChI=1S/C12H24N4OS/c1-8(2)13-6-10(5)7-18-12-15-14-11(17)16(12)9(3)4/h8-10,13H,6-7H2,1-5H3,(H,14,17). The molecular formula is C12H24N4OS. The highest BCUT2D eigenvalue weighted by atomic mass is 32.2. The number of thioether (sulfide) groups is 1. The Kier molecular flexibility index (Phi) is 5.95. The van der Waals surface area contributed by atoms with E-state index in [2.05, 4.69) is 36.3 Å². The van der Waals surface area contributed by atoms with Crippen LogP contribution in [0.3, 0.4) is 0 Å². The molecule has 0 fully saturated rings. The number of aromatic amines is 1. The van der Waals surface area contributed by atoms with Crippen LogP contribution in [0.4, 0.5) is 0 Å². The van der Waals surface area contributed by atoms with Crippen molar-refractivity contribution in [3.05, 3.63) is 10.5 Å². The maximum absolute atomic E-state index is 11.6. The Labute approximate surface area is 113 Å². The van der Waals surface area contributed by atoms with Crippen LogP contribution in [0.5, 0.6) is 0 Å². The minimum Gasteiger partial charge on any atom is -0.314 e. The van der Waals surface area contributed by atoms with E-state index < -0.39 is 0 Å². The largest absolute Gasteiger partial charge is 0.344 e. The van der Waals surface area contributed by atoms with Crippen LogP contribution in [0.2, 0.25) is 0 Å². The molecule has 0 amide bonds. The molecule has 1 unspecified atom stereocenters. The summed E-state index contributed by atoms with van der Waals surface area (Å²) in [5.74, 6) is 1.50. The summed E-state index contributed by atoms with van der Waals surface area (Å²) in [6, 6.07) is 0.652. The van der Waals surface area contributed by atoms with Gasteiger partial charge in [-0.1, -0.05) is 32.5 Å². The molecule has 0 saturated carbocycles. The molecule has 1 atom stereocenters. The third-order valence-electron chi connectivity index (χ3n) is 2.56. The van der Waals surface area contributed by atoms with Crippen LogP contribution in [-0.2, 0) is 0 Å². The van der Waals surface area contributed by atoms with Gasteiger partial charge in [0.15, 0.2) is 5.16 Å². The second-order valence-electron chi connectivity index (χ2n) is 5.25. The van der Waals surface area contributed by atoms with Crippen molar-refractivity contribution in [1.82, 2.24) is 20.1 Å². The molecule has 0 bridgehead atoms. The summed E-state index contributed by atoms with van der Waals surface area (Å²) in [6.07, 6.45) is 0. The van der Waals surface area contributed by atoms with Gasteiger partial charge in [-0.3, -0.25) is 4.57 Å². The number of hydrogen-bond acceptors (Lipinski definition) is 4. The summed E-state index contributed by atoms with van der Waals surface area (Å²) < 4.78 is 1.70. The molecule has 0 saturated heterocycles. The molecule has 0 spiro atoms. The monoisotopic (exact) mass is 272 g/mol. The minimum absolute atomic E-state index is 0.125. The quantitative estimate of drug-likeness (QED) is 0.744. The van der Waals surface area contributed by atoms with E-state index >= 15 is 0 Å². The fraction of sp³-hybridized carbons (Fsp3) is 0.833. The van der Waals surface area contributed by atoms with Crippen molar-refractivity contribution < 1.29 is 0 Å². The first-order valence-corrected chi connectivity index (χ1v) is 7.43. The maximum Gasteiger partial charge on any atom is 0.344 e. The summed E-state index contributed by atoms with van der Waals surface area (Å²) in [6.45, 7) is 11.5. The molecule has 0 aliphatic heterocycles. The number of hydrogen-bond donors (Lipinski definition) is 2. The first-order chi connectivity index (χ1) is 8.41. The van der Waals surface area contributed by atoms with Gasteiger partial charge in [-0.2, -0.15) is 0 Å². The Balaban J connectivity index is 2.51. The predicted octanol–water partition coefficient (Wildman–Crippen LogP) is 1.88. The van der Waals surface area contributed by atoms with Crippen LogP contribution in [0, 0.1) is 5.92 Å². The van der Waals surface area contributed by atoms with E-state index in [0.29, 0.717) is 12.0 Å². The van der Waals surface area contributed by atoms with Gasteiger partial charge in [-0.05, 0) is 26.3 Å². The van der Waals surface area contributed by atoms with Crippen molar-refractivity contribution >= 4 is 11.8 Å². The average molecular weight is 272 g/mol. The molecule has 0 radical (unpaired) electrons. The lowest BCUT2D eigenvalue weighted by atomic mass is 10.2. The number of aromatic nitrogens is 3. The average Bonchev–Trinajstić information content (AvgIpc) is 2.65. The van der Waals surface area contributed by atoms with Crippen LogP contribution >= 0.6 is 11.8 Å². The summed E-state index contributed by atoms with van der Waals surface area (Å²) in [4.78, 5) is 11.6. The normalized spacial score (nSPS) is 13.5. The fourth-order valence-electron chi connectivity index (χ4n) is 1.56. The number of nitrogens with one attached hydrogen (secondary N) is 2. The Morgan fingerprint density at radius 3 is 2.56 bits per heavy atom. The molecule has 1 aromatic rings. The Bertz CT molecular complexity index is 410. The molecule has 1 rings (SSSR count). The van der Waals surface area contributed by atoms with Crippen molar-refractivity contribution in [3.8, 4) is 0 Å². The maximum atomic E-state index is 11.6. The first-order valence-electron chi connectivity index (χ1n) is 6.45. The summed E-state index contributed by atoms with van der Waals surface area (Å²) >= 11 is 1.64. The number of nitrogens with zero attached hydrogens (tertiary/aromatic N) is 2. The third kappa shape index (κ3) is 4.49. The van der Waals surface area contributed by atoms with Crippen molar-refractivity contribution in [1.29, 1.82) is 0 Å². The predicted molar refractivity (Wildman–Crippen MR) is 76.3 cm³/mol. The molecule has 0 aromatic carbocycles. The van der Waals surface area contributed by atoms with Crippen molar-refractivity contribution in [2.75, 3.05) is 12.3 Å². The summed E-state index contributed by atoms with van der Waals surface area (Å²) in [7, 11) is 0. The zero-order chi connectivity index (χ0) is 13.7. The van der Waals surface area contributed by atoms with Crippen molar-refractivity contribution in [2.24, 2.45) is 5.92 Å². The van der Waals surface area contributed by atoms with Crippen LogP contribution < -0.4 is 11.0 Å². The van der Waals surface area contributed by atoms with Crippen LogP contribution in [0.25, 0.3) is 0 Å². The van der Waals surface area contributed by atoms with E-state index in [4.69, 9.17) is 0 Å². The Hall–Kier alpha value is -0.750. The van der Waals surface area contributed by atoms with Gasteiger partial charge in [0.05, 0.1) is 0 Å². The van der Waals surface area contributed by atoms with Gasteiger partial charge >= 0.3 is 5.69 Å². The van der Waals surface area contributed by atoms with E-state index in [9.17, 15) is 4.79 Å². The van der Waals surface area contributed by atoms with E-state index in [1.807, 2.05) is 13.8 Å². The van der Waals surface area contributed by atoms with Gasteiger partial charge in [0.25, 0.3) is 0 Å². The number of H-pyrrole nitrogens is 1. The van der Waals surface area contributed by atoms with E-state index in [1.165, 1.54) is 0 Å². The molecular weight excluding hydrogens is 248 g/mol. The number of rotatable bonds is 7. The molecule has 2 N–H and O–H groups in total. The lowest BCUT2D eigenvalue weighted by Crippen LogP contribution is -2.28. The van der Waals surface area contributed by atoms with Gasteiger partial charge in [0.2, 0.25) is 0 Å². The van der Waals surface area contributed by atoms with E-state index in [-0.39, 0.29) is 11.7 Å². The first kappa shape index (κ1) is 15.3. The molecule has 18 heavy (non-hydrogen) atoms. The SMILES string of the molecule is CC(CNC(C)C)CSc1n[nH]c(=O)n1C(C)C. The van der Waals surface area contributed by atoms with Gasteiger partial charge in [-0.25, -0.2) is 9.89 Å². The molecule has 0 aliphatic carbocycles. The van der Waals surface area contributed by atoms with Crippen LogP contribution in [-0.4, -0.2) is 33.1 Å². The second-order valence-corrected chi connectivity index (χ2v) is 6.24. The minimum atomic E-state index is -0.125. The molecule has 1 heterocycles. The Morgan fingerprint density at radius 1 is 1.33 bits per heavy atom. The zero-order valence-electron chi connectivity index (χ0n) is 11.9. The van der Waals surface area contributed by atoms with Gasteiger partial charge < -0.3 is 5.32 Å². The summed E-state index contributed by atoms with van der Waals surface area (Å²) in [5, 5.41) is 10.8. The molecule has 1 aromatic heterocycles. The van der Waals surface area contributed by atoms with Crippen molar-refractivity contribution in [3.63, 3.8) is 0 Å². The highest BCUT2D eigenvalue weighted by Gasteiger charge is 2.13. The smallest absolute Gasteiger partial charge is 0.314 e. The molecule has 104 valence electrons.